The van der Waals surface area contributed by atoms with Gasteiger partial charge in [0.25, 0.3) is 0 Å². The molecule has 1 heterocycles. The topological polar surface area (TPSA) is 16.4 Å². The zero-order chi connectivity index (χ0) is 40.0. The van der Waals surface area contributed by atoms with Crippen molar-refractivity contribution in [1.29, 1.82) is 0 Å². The molecule has 2 heteroatoms. The van der Waals surface area contributed by atoms with Gasteiger partial charge in [-0.25, -0.2) is 0 Å². The molecule has 0 radical (unpaired) electrons. The van der Waals surface area contributed by atoms with Crippen LogP contribution in [0.5, 0.6) is 0 Å². The van der Waals surface area contributed by atoms with E-state index in [1.165, 1.54) is 44.5 Å². The second-order valence-electron chi connectivity index (χ2n) is 17.5. The SMILES string of the molecule is CC(C)(C)c1cc(-c2ccc(-c3cccc4oc5ccccc5c34)c(N(c3ccc(-c4ccccc4)cc3)c3ccc(-c4ccccc4)cc3)c2)cc(C(C)(C)C)c1. The van der Waals surface area contributed by atoms with E-state index in [2.05, 4.69) is 228 Å². The fourth-order valence-corrected chi connectivity index (χ4v) is 8.08. The van der Waals surface area contributed by atoms with Crippen LogP contribution in [0.25, 0.3) is 66.4 Å². The largest absolute Gasteiger partial charge is 0.456 e. The zero-order valence-electron chi connectivity index (χ0n) is 34.3. The Labute approximate surface area is 343 Å². The lowest BCUT2D eigenvalue weighted by Crippen LogP contribution is -2.16. The number of fused-ring (bicyclic) bond motifs is 3. The minimum absolute atomic E-state index is 0.0101. The van der Waals surface area contributed by atoms with Crippen LogP contribution in [0.1, 0.15) is 52.7 Å². The van der Waals surface area contributed by atoms with Gasteiger partial charge in [0, 0.05) is 27.7 Å². The molecule has 0 N–H and O–H groups in total. The summed E-state index contributed by atoms with van der Waals surface area (Å²) in [5.41, 5.74) is 17.1. The van der Waals surface area contributed by atoms with Gasteiger partial charge < -0.3 is 9.32 Å². The summed E-state index contributed by atoms with van der Waals surface area (Å²) in [7, 11) is 0. The van der Waals surface area contributed by atoms with Crippen molar-refractivity contribution in [3.63, 3.8) is 0 Å². The van der Waals surface area contributed by atoms with Crippen LogP contribution in [-0.2, 0) is 10.8 Å². The number of rotatable bonds is 7. The van der Waals surface area contributed by atoms with E-state index in [-0.39, 0.29) is 10.8 Å². The molecular formula is C56H49NO. The molecule has 0 bridgehead atoms. The molecule has 0 aliphatic rings. The number of para-hydroxylation sites is 1. The highest BCUT2D eigenvalue weighted by Crippen LogP contribution is 2.47. The van der Waals surface area contributed by atoms with Crippen molar-refractivity contribution >= 4 is 39.0 Å². The molecule has 0 fully saturated rings. The summed E-state index contributed by atoms with van der Waals surface area (Å²) in [6.45, 7) is 13.9. The van der Waals surface area contributed by atoms with Gasteiger partial charge in [-0.3, -0.25) is 0 Å². The molecule has 0 saturated heterocycles. The van der Waals surface area contributed by atoms with Crippen molar-refractivity contribution in [2.45, 2.75) is 52.4 Å². The quantitative estimate of drug-likeness (QED) is 0.161. The maximum Gasteiger partial charge on any atom is 0.136 e. The number of furan rings is 1. The van der Waals surface area contributed by atoms with Crippen molar-refractivity contribution in [3.8, 4) is 44.5 Å². The molecule has 0 atom stereocenters. The summed E-state index contributed by atoms with van der Waals surface area (Å²) in [6.07, 6.45) is 0. The Morgan fingerprint density at radius 3 is 1.40 bits per heavy atom. The first kappa shape index (κ1) is 37.0. The second-order valence-corrected chi connectivity index (χ2v) is 17.5. The fourth-order valence-electron chi connectivity index (χ4n) is 8.08. The molecule has 8 aromatic carbocycles. The van der Waals surface area contributed by atoms with Gasteiger partial charge in [0.05, 0.1) is 5.69 Å². The molecule has 58 heavy (non-hydrogen) atoms. The number of hydrogen-bond donors (Lipinski definition) is 0. The first-order valence-corrected chi connectivity index (χ1v) is 20.3. The summed E-state index contributed by atoms with van der Waals surface area (Å²) >= 11 is 0. The van der Waals surface area contributed by atoms with Crippen LogP contribution in [0.4, 0.5) is 17.1 Å². The van der Waals surface area contributed by atoms with Crippen molar-refractivity contribution < 1.29 is 4.42 Å². The lowest BCUT2D eigenvalue weighted by Gasteiger charge is -2.30. The van der Waals surface area contributed by atoms with Gasteiger partial charge in [0.15, 0.2) is 0 Å². The van der Waals surface area contributed by atoms with Gasteiger partial charge in [-0.05, 0) is 103 Å². The van der Waals surface area contributed by atoms with Gasteiger partial charge in [0.1, 0.15) is 11.2 Å². The van der Waals surface area contributed by atoms with Crippen LogP contribution < -0.4 is 4.90 Å². The molecule has 0 saturated carbocycles. The fraction of sp³-hybridized carbons (Fsp3) is 0.143. The van der Waals surface area contributed by atoms with Gasteiger partial charge in [-0.15, -0.1) is 0 Å². The van der Waals surface area contributed by atoms with E-state index in [1.54, 1.807) is 0 Å². The predicted molar refractivity (Wildman–Crippen MR) is 248 cm³/mol. The van der Waals surface area contributed by atoms with Crippen LogP contribution in [0.15, 0.2) is 192 Å². The Balaban J connectivity index is 1.32. The van der Waals surface area contributed by atoms with Gasteiger partial charge in [0.2, 0.25) is 0 Å². The molecule has 0 aliphatic carbocycles. The highest BCUT2D eigenvalue weighted by Gasteiger charge is 2.24. The average Bonchev–Trinajstić information content (AvgIpc) is 3.63. The molecule has 0 amide bonds. The second kappa shape index (κ2) is 14.7. The summed E-state index contributed by atoms with van der Waals surface area (Å²) in [6, 6.07) is 68.3. The van der Waals surface area contributed by atoms with Crippen LogP contribution in [0.3, 0.4) is 0 Å². The monoisotopic (exact) mass is 751 g/mol. The highest BCUT2D eigenvalue weighted by atomic mass is 16.3. The van der Waals surface area contributed by atoms with Crippen molar-refractivity contribution in [2.75, 3.05) is 4.90 Å². The standard InChI is InChI=1S/C56H49NO/c1-55(2,3)44-34-43(35-45(37-44)56(4,5)6)42-28-33-48(49-21-15-23-53-54(49)50-20-13-14-22-52(50)58-53)51(36-42)57(46-29-24-40(25-30-46)38-16-9-7-10-17-38)47-31-26-41(27-32-47)39-18-11-8-12-19-39/h7-37H,1-6H3. The van der Waals surface area contributed by atoms with Gasteiger partial charge >= 0.3 is 0 Å². The molecule has 0 spiro atoms. The minimum Gasteiger partial charge on any atom is -0.456 e. The van der Waals surface area contributed by atoms with Crippen LogP contribution >= 0.6 is 0 Å². The third kappa shape index (κ3) is 7.12. The molecule has 1 aromatic heterocycles. The minimum atomic E-state index is -0.0101. The van der Waals surface area contributed by atoms with Crippen LogP contribution in [-0.4, -0.2) is 0 Å². The summed E-state index contributed by atoms with van der Waals surface area (Å²) < 4.78 is 6.46. The molecular weight excluding hydrogens is 703 g/mol. The molecule has 9 rings (SSSR count). The Kier molecular flexibility index (Phi) is 9.37. The number of nitrogens with zero attached hydrogens (tertiary/aromatic N) is 1. The number of hydrogen-bond acceptors (Lipinski definition) is 2. The zero-order valence-corrected chi connectivity index (χ0v) is 34.3. The summed E-state index contributed by atoms with van der Waals surface area (Å²) in [4.78, 5) is 2.43. The Morgan fingerprint density at radius 2 is 0.845 bits per heavy atom. The highest BCUT2D eigenvalue weighted by molar-refractivity contribution is 6.14. The van der Waals surface area contributed by atoms with Gasteiger partial charge in [-0.2, -0.15) is 0 Å². The Bertz CT molecular complexity index is 2750. The lowest BCUT2D eigenvalue weighted by atomic mass is 9.79. The van der Waals surface area contributed by atoms with Crippen molar-refractivity contribution in [1.82, 2.24) is 0 Å². The van der Waals surface area contributed by atoms with E-state index in [1.807, 2.05) is 6.07 Å². The number of anilines is 3. The molecule has 2 nitrogen and oxygen atoms in total. The van der Waals surface area contributed by atoms with Crippen molar-refractivity contribution in [2.24, 2.45) is 0 Å². The predicted octanol–water partition coefficient (Wildman–Crippen LogP) is 16.3. The van der Waals surface area contributed by atoms with Gasteiger partial charge in [-0.1, -0.05) is 187 Å². The molecule has 0 aliphatic heterocycles. The van der Waals surface area contributed by atoms with Crippen LogP contribution in [0.2, 0.25) is 0 Å². The maximum atomic E-state index is 6.46. The van der Waals surface area contributed by atoms with E-state index in [9.17, 15) is 0 Å². The number of benzene rings is 8. The van der Waals surface area contributed by atoms with E-state index < -0.39 is 0 Å². The Hall–Kier alpha value is -6.64. The smallest absolute Gasteiger partial charge is 0.136 e. The summed E-state index contributed by atoms with van der Waals surface area (Å²) in [5.74, 6) is 0. The molecule has 0 unspecified atom stereocenters. The van der Waals surface area contributed by atoms with Crippen molar-refractivity contribution in [3.05, 3.63) is 199 Å². The molecule has 9 aromatic rings. The maximum absolute atomic E-state index is 6.46. The Morgan fingerprint density at radius 1 is 0.362 bits per heavy atom. The molecule has 284 valence electrons. The lowest BCUT2D eigenvalue weighted by molar-refractivity contribution is 0.569. The summed E-state index contributed by atoms with van der Waals surface area (Å²) in [5, 5.41) is 2.23. The third-order valence-electron chi connectivity index (χ3n) is 11.4. The van der Waals surface area contributed by atoms with E-state index >= 15 is 0 Å². The van der Waals surface area contributed by atoms with E-state index in [0.717, 1.165) is 50.1 Å². The normalized spacial score (nSPS) is 12.0. The first-order valence-electron chi connectivity index (χ1n) is 20.3. The average molecular weight is 752 g/mol. The third-order valence-corrected chi connectivity index (χ3v) is 11.4. The first-order chi connectivity index (χ1) is 28.0. The van der Waals surface area contributed by atoms with E-state index in [4.69, 9.17) is 4.42 Å². The van der Waals surface area contributed by atoms with Crippen LogP contribution in [0, 0.1) is 0 Å². The van der Waals surface area contributed by atoms with E-state index in [0.29, 0.717) is 0 Å².